The zero-order valence-corrected chi connectivity index (χ0v) is 46.0. The van der Waals surface area contributed by atoms with Crippen LogP contribution in [-0.4, -0.2) is 26.7 Å². The number of hydrogen-bond donors (Lipinski definition) is 0. The second-order valence-electron chi connectivity index (χ2n) is 16.4. The minimum atomic E-state index is -0.249. The van der Waals surface area contributed by atoms with Gasteiger partial charge in [-0.15, -0.1) is 0 Å². The van der Waals surface area contributed by atoms with Crippen molar-refractivity contribution >= 4 is 64.6 Å². The summed E-state index contributed by atoms with van der Waals surface area (Å²) in [5, 5.41) is 3.05. The molecule has 0 bridgehead atoms. The molecule has 0 aromatic heterocycles. The fourth-order valence-electron chi connectivity index (χ4n) is 9.28. The summed E-state index contributed by atoms with van der Waals surface area (Å²) in [5.41, 5.74) is 27.7. The third-order valence-corrected chi connectivity index (χ3v) is 13.5. The van der Waals surface area contributed by atoms with Gasteiger partial charge in [0.2, 0.25) is 0 Å². The van der Waals surface area contributed by atoms with E-state index in [1.54, 1.807) is 0 Å². The fraction of sp³-hybridized carbons (Fsp3) is 0.308. The van der Waals surface area contributed by atoms with Crippen LogP contribution < -0.4 is 10.6 Å². The molecule has 0 saturated carbocycles. The van der Waals surface area contributed by atoms with E-state index in [2.05, 4.69) is 195 Å². The minimum absolute atomic E-state index is 0.106. The first-order valence-corrected chi connectivity index (χ1v) is 32.3. The van der Waals surface area contributed by atoms with Gasteiger partial charge in [0.1, 0.15) is 0 Å². The Morgan fingerprint density at radius 1 is 0.317 bits per heavy atom. The first kappa shape index (κ1) is 53.0. The van der Waals surface area contributed by atoms with E-state index in [0.717, 1.165) is 0 Å². The third kappa shape index (κ3) is 13.4. The van der Waals surface area contributed by atoms with Gasteiger partial charge in [0.25, 0.3) is 0 Å². The molecule has 0 aliphatic carbocycles. The Morgan fingerprint density at radius 3 is 0.600 bits per heavy atom. The molecular formula is C52H62Cl4P2Pd2. The Labute approximate surface area is 398 Å². The predicted molar refractivity (Wildman–Crippen MR) is 272 cm³/mol. The van der Waals surface area contributed by atoms with Crippen LogP contribution in [0.2, 0.25) is 0 Å². The molecule has 8 heteroatoms. The molecule has 0 atom stereocenters. The van der Waals surface area contributed by atoms with Crippen molar-refractivity contribution in [2.75, 3.05) is 26.7 Å². The molecule has 6 aromatic rings. The summed E-state index contributed by atoms with van der Waals surface area (Å²) >= 11 is -0.211. The zero-order chi connectivity index (χ0) is 45.2. The summed E-state index contributed by atoms with van der Waals surface area (Å²) in [7, 11) is 18.8. The van der Waals surface area contributed by atoms with Crippen molar-refractivity contribution in [3.05, 3.63) is 152 Å². The predicted octanol–water partition coefficient (Wildman–Crippen LogP) is 17.2. The average Bonchev–Trinajstić information content (AvgIpc) is 3.11. The van der Waals surface area contributed by atoms with E-state index in [9.17, 15) is 0 Å². The first-order chi connectivity index (χ1) is 28.2. The quantitative estimate of drug-likeness (QED) is 0.115. The van der Waals surface area contributed by atoms with E-state index in [-0.39, 0.29) is 47.7 Å². The molecule has 6 rings (SSSR count). The van der Waals surface area contributed by atoms with Crippen LogP contribution in [0.15, 0.2) is 84.9 Å². The van der Waals surface area contributed by atoms with Gasteiger partial charge in [-0.1, -0.05) is 123 Å². The van der Waals surface area contributed by atoms with E-state index >= 15 is 0 Å². The number of rotatable bonds is 6. The van der Waals surface area contributed by atoms with Crippen LogP contribution in [0.3, 0.4) is 0 Å². The second kappa shape index (κ2) is 24.7. The molecule has 0 aliphatic heterocycles. The molecule has 0 nitrogen and oxygen atoms in total. The average molecular weight is 1100 g/mol. The van der Waals surface area contributed by atoms with Gasteiger partial charge in [0, 0.05) is 0 Å². The summed E-state index contributed by atoms with van der Waals surface area (Å²) in [5.74, 6) is 0. The van der Waals surface area contributed by atoms with Gasteiger partial charge in [-0.05, 0) is 209 Å². The molecule has 0 fully saturated rings. The van der Waals surface area contributed by atoms with Crippen molar-refractivity contribution in [2.24, 2.45) is 0 Å². The summed E-state index contributed by atoms with van der Waals surface area (Å²) in [6, 6.07) is 32.3. The number of benzene rings is 6. The molecule has 0 radical (unpaired) electrons. The van der Waals surface area contributed by atoms with Crippen LogP contribution in [0.25, 0.3) is 44.5 Å². The zero-order valence-electron chi connectivity index (χ0n) is 38.1. The van der Waals surface area contributed by atoms with E-state index < -0.39 is 0 Å². The SMILES string of the molecule is Cc1cc(C)c(-c2cccc(-c3c(C)cc(C)cc3C)c2P(C)C)c(C)c1.Cc1cc(C)c(-c2cccc(-c3c(C)cc(C)cc3C)c2P(C)C)c(C)c1.[Cl][Pd][Cl].[Cl][Pd][Cl]. The van der Waals surface area contributed by atoms with Gasteiger partial charge >= 0.3 is 70.0 Å². The molecule has 60 heavy (non-hydrogen) atoms. The van der Waals surface area contributed by atoms with E-state index in [1.807, 2.05) is 0 Å². The molecule has 0 saturated heterocycles. The second-order valence-corrected chi connectivity index (χ2v) is 25.6. The van der Waals surface area contributed by atoms with Gasteiger partial charge in [-0.25, -0.2) is 0 Å². The Balaban J connectivity index is 0.000000283. The van der Waals surface area contributed by atoms with E-state index in [4.69, 9.17) is 38.1 Å². The van der Waals surface area contributed by atoms with Gasteiger partial charge in [0.05, 0.1) is 0 Å². The Bertz CT molecular complexity index is 2010. The van der Waals surface area contributed by atoms with Gasteiger partial charge in [0.15, 0.2) is 0 Å². The topological polar surface area (TPSA) is 0 Å². The van der Waals surface area contributed by atoms with Crippen LogP contribution >= 0.6 is 54.0 Å². The van der Waals surface area contributed by atoms with E-state index in [1.165, 1.54) is 122 Å². The third-order valence-electron chi connectivity index (χ3n) is 10.8. The maximum absolute atomic E-state index is 4.81. The monoisotopic (exact) mass is 1100 g/mol. The van der Waals surface area contributed by atoms with Crippen molar-refractivity contribution in [3.63, 3.8) is 0 Å². The molecule has 0 N–H and O–H groups in total. The molecular weight excluding hydrogens is 1040 g/mol. The van der Waals surface area contributed by atoms with Crippen molar-refractivity contribution in [2.45, 2.75) is 83.1 Å². The molecule has 0 spiro atoms. The standard InChI is InChI=1S/2C26H31P.4ClH.2Pd/c2*1-16-12-18(3)24(19(4)13-16)22-10-9-11-23(26(22)27(7)8)25-20(5)14-17(2)15-21(25)6;;;;;;/h2*9-15H,1-8H3;4*1H;;/q;;;;;;2*+2/p-4. The van der Waals surface area contributed by atoms with Crippen LogP contribution in [0.5, 0.6) is 0 Å². The van der Waals surface area contributed by atoms with Crippen LogP contribution in [0.4, 0.5) is 0 Å². The van der Waals surface area contributed by atoms with Crippen LogP contribution in [0, 0.1) is 83.1 Å². The van der Waals surface area contributed by atoms with Crippen molar-refractivity contribution in [1.82, 2.24) is 0 Å². The Morgan fingerprint density at radius 2 is 0.467 bits per heavy atom. The summed E-state index contributed by atoms with van der Waals surface area (Å²) in [6.07, 6.45) is 0. The first-order valence-electron chi connectivity index (χ1n) is 19.8. The van der Waals surface area contributed by atoms with Crippen molar-refractivity contribution in [3.8, 4) is 44.5 Å². The number of halogens is 4. The summed E-state index contributed by atoms with van der Waals surface area (Å²) in [4.78, 5) is 0. The van der Waals surface area contributed by atoms with E-state index in [0.29, 0.717) is 0 Å². The summed E-state index contributed by atoms with van der Waals surface area (Å²) in [6.45, 7) is 36.3. The maximum atomic E-state index is 4.81. The van der Waals surface area contributed by atoms with Crippen molar-refractivity contribution < 1.29 is 31.9 Å². The molecule has 0 unspecified atom stereocenters. The van der Waals surface area contributed by atoms with Crippen LogP contribution in [-0.2, 0) is 31.9 Å². The van der Waals surface area contributed by atoms with Gasteiger partial charge in [-0.2, -0.15) is 0 Å². The molecule has 0 heterocycles. The fourth-order valence-corrected chi connectivity index (χ4v) is 11.9. The van der Waals surface area contributed by atoms with Gasteiger partial charge in [-0.3, -0.25) is 0 Å². The Kier molecular flexibility index (Phi) is 21.8. The Hall–Kier alpha value is -1.34. The van der Waals surface area contributed by atoms with Crippen molar-refractivity contribution in [1.29, 1.82) is 0 Å². The molecule has 0 amide bonds. The number of aryl methyl sites for hydroxylation is 12. The molecule has 328 valence electrons. The van der Waals surface area contributed by atoms with Gasteiger partial charge < -0.3 is 0 Å². The molecule has 0 aliphatic rings. The normalized spacial score (nSPS) is 10.9. The number of hydrogen-bond acceptors (Lipinski definition) is 0. The van der Waals surface area contributed by atoms with Crippen LogP contribution in [0.1, 0.15) is 66.8 Å². The molecule has 6 aromatic carbocycles. The summed E-state index contributed by atoms with van der Waals surface area (Å²) < 4.78 is 0.